The van der Waals surface area contributed by atoms with E-state index < -0.39 is 6.10 Å². The van der Waals surface area contributed by atoms with Crippen molar-refractivity contribution >= 4 is 27.5 Å². The Morgan fingerprint density at radius 3 is 2.57 bits per heavy atom. The summed E-state index contributed by atoms with van der Waals surface area (Å²) in [6.07, 6.45) is -0.540. The number of rotatable bonds is 4. The number of anilines is 1. The summed E-state index contributed by atoms with van der Waals surface area (Å²) in [7, 11) is 0. The van der Waals surface area contributed by atoms with E-state index in [-0.39, 0.29) is 5.91 Å². The van der Waals surface area contributed by atoms with Crippen LogP contribution in [0.3, 0.4) is 0 Å². The van der Waals surface area contributed by atoms with E-state index in [9.17, 15) is 9.90 Å². The third-order valence-corrected chi connectivity index (χ3v) is 3.48. The predicted molar refractivity (Wildman–Crippen MR) is 85.6 cm³/mol. The fraction of sp³-hybridized carbons (Fsp3) is 0.188. The van der Waals surface area contributed by atoms with Crippen LogP contribution in [0.15, 0.2) is 46.9 Å². The molecule has 2 N–H and O–H groups in total. The molecule has 0 saturated carbocycles. The molecule has 1 atom stereocenters. The Kier molecular flexibility index (Phi) is 4.98. The molecule has 110 valence electrons. The van der Waals surface area contributed by atoms with Crippen LogP contribution in [-0.2, 0) is 4.79 Å². The zero-order valence-electron chi connectivity index (χ0n) is 11.8. The van der Waals surface area contributed by atoms with Gasteiger partial charge in [0.05, 0.1) is 16.3 Å². The molecule has 0 spiro atoms. The van der Waals surface area contributed by atoms with Gasteiger partial charge in [-0.25, -0.2) is 0 Å². The van der Waals surface area contributed by atoms with Gasteiger partial charge in [-0.3, -0.25) is 4.79 Å². The molecule has 0 heterocycles. The van der Waals surface area contributed by atoms with E-state index in [1.54, 1.807) is 37.3 Å². The molecule has 0 unspecified atom stereocenters. The number of carbonyl (C=O) groups excluding carboxylic acids is 1. The summed E-state index contributed by atoms with van der Waals surface area (Å²) in [5.41, 5.74) is 1.40. The summed E-state index contributed by atoms with van der Waals surface area (Å²) < 4.78 is 6.57. The first-order valence-corrected chi connectivity index (χ1v) is 7.28. The molecule has 2 aromatic rings. The van der Waals surface area contributed by atoms with E-state index in [1.165, 1.54) is 6.92 Å². The van der Waals surface area contributed by atoms with Crippen molar-refractivity contribution < 1.29 is 14.6 Å². The molecule has 4 nitrogen and oxygen atoms in total. The number of ether oxygens (including phenoxy) is 1. The highest BCUT2D eigenvalue weighted by molar-refractivity contribution is 9.10. The molecular formula is C16H16BrNO3. The maximum Gasteiger partial charge on any atom is 0.221 e. The smallest absolute Gasteiger partial charge is 0.221 e. The van der Waals surface area contributed by atoms with Crippen LogP contribution in [0.25, 0.3) is 0 Å². The average molecular weight is 350 g/mol. The lowest BCUT2D eigenvalue weighted by Crippen LogP contribution is -2.06. The summed E-state index contributed by atoms with van der Waals surface area (Å²) in [6.45, 7) is 3.15. The summed E-state index contributed by atoms with van der Waals surface area (Å²) in [6, 6.07) is 12.6. The quantitative estimate of drug-likeness (QED) is 0.867. The molecule has 21 heavy (non-hydrogen) atoms. The molecule has 0 aliphatic rings. The lowest BCUT2D eigenvalue weighted by molar-refractivity contribution is -0.114. The first kappa shape index (κ1) is 15.5. The number of benzene rings is 2. The van der Waals surface area contributed by atoms with E-state index >= 15 is 0 Å². The number of halogens is 1. The summed E-state index contributed by atoms with van der Waals surface area (Å²) >= 11 is 3.42. The predicted octanol–water partition coefficient (Wildman–Crippen LogP) is 4.25. The summed E-state index contributed by atoms with van der Waals surface area (Å²) in [5, 5.41) is 12.3. The Morgan fingerprint density at radius 2 is 1.95 bits per heavy atom. The van der Waals surface area contributed by atoms with Gasteiger partial charge < -0.3 is 15.2 Å². The van der Waals surface area contributed by atoms with Crippen molar-refractivity contribution in [2.24, 2.45) is 0 Å². The largest absolute Gasteiger partial charge is 0.454 e. The lowest BCUT2D eigenvalue weighted by atomic mass is 10.1. The van der Waals surface area contributed by atoms with Crippen LogP contribution in [0.1, 0.15) is 25.5 Å². The van der Waals surface area contributed by atoms with Crippen LogP contribution in [0.4, 0.5) is 5.69 Å². The highest BCUT2D eigenvalue weighted by Gasteiger charge is 2.10. The van der Waals surface area contributed by atoms with Crippen molar-refractivity contribution in [2.45, 2.75) is 20.0 Å². The number of aliphatic hydroxyl groups is 1. The first-order chi connectivity index (χ1) is 9.97. The number of nitrogens with one attached hydrogen (secondary N) is 1. The molecule has 0 aliphatic heterocycles. The molecule has 0 aliphatic carbocycles. The summed E-state index contributed by atoms with van der Waals surface area (Å²) in [5.74, 6) is 1.00. The van der Waals surface area contributed by atoms with Gasteiger partial charge in [0.1, 0.15) is 5.75 Å². The molecule has 0 bridgehead atoms. The third-order valence-electron chi connectivity index (χ3n) is 2.86. The van der Waals surface area contributed by atoms with Gasteiger partial charge in [0.15, 0.2) is 5.75 Å². The zero-order valence-corrected chi connectivity index (χ0v) is 13.3. The Balaban J connectivity index is 2.28. The number of hydrogen-bond acceptors (Lipinski definition) is 3. The third kappa shape index (κ3) is 4.06. The minimum atomic E-state index is -0.540. The lowest BCUT2D eigenvalue weighted by Gasteiger charge is -2.13. The normalized spacial score (nSPS) is 11.8. The Morgan fingerprint density at radius 1 is 1.24 bits per heavy atom. The number of hydrogen-bond donors (Lipinski definition) is 2. The highest BCUT2D eigenvalue weighted by Crippen LogP contribution is 2.35. The molecular weight excluding hydrogens is 334 g/mol. The van der Waals surface area contributed by atoms with Crippen molar-refractivity contribution in [2.75, 3.05) is 5.32 Å². The van der Waals surface area contributed by atoms with E-state index in [2.05, 4.69) is 21.2 Å². The van der Waals surface area contributed by atoms with Crippen LogP contribution in [0.2, 0.25) is 0 Å². The van der Waals surface area contributed by atoms with Gasteiger partial charge in [-0.2, -0.15) is 0 Å². The van der Waals surface area contributed by atoms with Gasteiger partial charge in [0.25, 0.3) is 0 Å². The van der Waals surface area contributed by atoms with E-state index in [4.69, 9.17) is 4.74 Å². The highest BCUT2D eigenvalue weighted by atomic mass is 79.9. The topological polar surface area (TPSA) is 58.6 Å². The van der Waals surface area contributed by atoms with Crippen molar-refractivity contribution in [1.82, 2.24) is 0 Å². The average Bonchev–Trinajstić information content (AvgIpc) is 2.42. The van der Waals surface area contributed by atoms with Crippen LogP contribution < -0.4 is 10.1 Å². The van der Waals surface area contributed by atoms with Gasteiger partial charge >= 0.3 is 0 Å². The van der Waals surface area contributed by atoms with E-state index in [1.807, 2.05) is 12.1 Å². The number of para-hydroxylation sites is 2. The fourth-order valence-electron chi connectivity index (χ4n) is 1.83. The van der Waals surface area contributed by atoms with Crippen molar-refractivity contribution in [3.8, 4) is 11.5 Å². The second kappa shape index (κ2) is 6.74. The molecule has 1 amide bonds. The van der Waals surface area contributed by atoms with Crippen LogP contribution >= 0.6 is 15.9 Å². The van der Waals surface area contributed by atoms with Crippen molar-refractivity contribution in [3.05, 3.63) is 52.5 Å². The molecule has 2 aromatic carbocycles. The maximum atomic E-state index is 11.2. The van der Waals surface area contributed by atoms with Gasteiger partial charge in [-0.1, -0.05) is 18.2 Å². The molecule has 0 aromatic heterocycles. The SMILES string of the molecule is CC(=O)Nc1ccccc1Oc1ccc([C@@H](C)O)cc1Br. The maximum absolute atomic E-state index is 11.2. The van der Waals surface area contributed by atoms with Crippen molar-refractivity contribution in [3.63, 3.8) is 0 Å². The van der Waals surface area contributed by atoms with Crippen LogP contribution in [0, 0.1) is 0 Å². The van der Waals surface area contributed by atoms with Crippen molar-refractivity contribution in [1.29, 1.82) is 0 Å². The molecule has 0 fully saturated rings. The molecule has 0 saturated heterocycles. The zero-order chi connectivity index (χ0) is 15.4. The second-order valence-corrected chi connectivity index (χ2v) is 5.50. The molecule has 5 heteroatoms. The van der Waals surface area contributed by atoms with Crippen LogP contribution in [0.5, 0.6) is 11.5 Å². The Bertz CT molecular complexity index is 656. The standard InChI is InChI=1S/C16H16BrNO3/c1-10(19)12-7-8-15(13(17)9-12)21-16-6-4-3-5-14(16)18-11(2)20/h3-10,19H,1-2H3,(H,18,20)/t10-/m1/s1. The Labute approximate surface area is 131 Å². The monoisotopic (exact) mass is 349 g/mol. The minimum absolute atomic E-state index is 0.158. The number of carbonyl (C=O) groups is 1. The van der Waals surface area contributed by atoms with Gasteiger partial charge in [-0.15, -0.1) is 0 Å². The summed E-state index contributed by atoms with van der Waals surface area (Å²) in [4.78, 5) is 11.2. The molecule has 0 radical (unpaired) electrons. The number of amides is 1. The van der Waals surface area contributed by atoms with Crippen LogP contribution in [-0.4, -0.2) is 11.0 Å². The minimum Gasteiger partial charge on any atom is -0.454 e. The first-order valence-electron chi connectivity index (χ1n) is 6.49. The molecule has 2 rings (SSSR count). The van der Waals surface area contributed by atoms with E-state index in [0.29, 0.717) is 17.2 Å². The van der Waals surface area contributed by atoms with Gasteiger partial charge in [0.2, 0.25) is 5.91 Å². The Hall–Kier alpha value is -1.85. The number of aliphatic hydroxyl groups excluding tert-OH is 1. The fourth-order valence-corrected chi connectivity index (χ4v) is 2.30. The van der Waals surface area contributed by atoms with Gasteiger partial charge in [0, 0.05) is 6.92 Å². The van der Waals surface area contributed by atoms with E-state index in [0.717, 1.165) is 10.0 Å². The second-order valence-electron chi connectivity index (χ2n) is 4.65. The van der Waals surface area contributed by atoms with Gasteiger partial charge in [-0.05, 0) is 52.7 Å².